The van der Waals surface area contributed by atoms with Gasteiger partial charge in [0.05, 0.1) is 6.61 Å². The number of rotatable bonds is 5. The Labute approximate surface area is 124 Å². The summed E-state index contributed by atoms with van der Waals surface area (Å²) in [6, 6.07) is 0. The van der Waals surface area contributed by atoms with E-state index < -0.39 is 11.9 Å². The number of allylic oxidation sites excluding steroid dienone is 3. The summed E-state index contributed by atoms with van der Waals surface area (Å²) in [4.78, 5) is 25.8. The quantitative estimate of drug-likeness (QED) is 0.574. The first-order valence-electron chi connectivity index (χ1n) is 7.38. The zero-order valence-electron chi connectivity index (χ0n) is 12.7. The number of esters is 2. The van der Waals surface area contributed by atoms with Gasteiger partial charge in [-0.05, 0) is 27.2 Å². The van der Waals surface area contributed by atoms with Crippen molar-refractivity contribution in [2.45, 2.75) is 27.2 Å². The number of carbonyl (C=O) groups is 2. The minimum atomic E-state index is -0.628. The van der Waals surface area contributed by atoms with Crippen LogP contribution in [0.15, 0.2) is 35.3 Å². The van der Waals surface area contributed by atoms with Crippen LogP contribution >= 0.6 is 0 Å². The maximum Gasteiger partial charge on any atom is 0.350 e. The summed E-state index contributed by atoms with van der Waals surface area (Å²) in [7, 11) is 0. The third-order valence-electron chi connectivity index (χ3n) is 3.66. The number of hydrogen-bond acceptors (Lipinski definition) is 5. The molecule has 0 amide bonds. The zero-order valence-corrected chi connectivity index (χ0v) is 12.7. The summed E-state index contributed by atoms with van der Waals surface area (Å²) in [6.07, 6.45) is 6.37. The minimum Gasteiger partial charge on any atom is -0.462 e. The number of likely N-dealkylation sites (N-methyl/N-ethyl adjacent to an activating group) is 1. The standard InChI is InChI=1S/C16H21NO4/c1-4-17(5-2)12-8-7-11-9-13(15(18)20-6-3)16(19)21-14(11)10-12/h8-11H,4-7H2,1-3H3. The van der Waals surface area contributed by atoms with E-state index in [4.69, 9.17) is 9.47 Å². The van der Waals surface area contributed by atoms with Gasteiger partial charge < -0.3 is 14.4 Å². The first kappa shape index (κ1) is 15.4. The lowest BCUT2D eigenvalue weighted by atomic mass is 9.92. The van der Waals surface area contributed by atoms with Gasteiger partial charge >= 0.3 is 11.9 Å². The van der Waals surface area contributed by atoms with E-state index in [1.54, 1.807) is 13.0 Å². The molecule has 0 radical (unpaired) electrons. The van der Waals surface area contributed by atoms with E-state index in [0.29, 0.717) is 12.2 Å². The summed E-state index contributed by atoms with van der Waals surface area (Å²) in [5.74, 6) is -0.698. The molecule has 2 rings (SSSR count). The molecule has 5 heteroatoms. The normalized spacial score (nSPS) is 20.6. The Morgan fingerprint density at radius 1 is 1.38 bits per heavy atom. The van der Waals surface area contributed by atoms with Crippen LogP contribution in [-0.4, -0.2) is 36.5 Å². The lowest BCUT2D eigenvalue weighted by Crippen LogP contribution is -2.29. The summed E-state index contributed by atoms with van der Waals surface area (Å²) in [6.45, 7) is 7.91. The summed E-state index contributed by atoms with van der Waals surface area (Å²) in [5.41, 5.74) is 1.06. The van der Waals surface area contributed by atoms with Crippen molar-refractivity contribution in [1.82, 2.24) is 4.90 Å². The Hall–Kier alpha value is -2.04. The van der Waals surface area contributed by atoms with E-state index in [9.17, 15) is 9.59 Å². The molecule has 0 aromatic carbocycles. The van der Waals surface area contributed by atoms with Crippen LogP contribution in [-0.2, 0) is 19.1 Å². The molecule has 1 aliphatic heterocycles. The Morgan fingerprint density at radius 2 is 2.10 bits per heavy atom. The smallest absolute Gasteiger partial charge is 0.350 e. The van der Waals surface area contributed by atoms with Crippen molar-refractivity contribution in [3.05, 3.63) is 35.3 Å². The topological polar surface area (TPSA) is 55.8 Å². The average molecular weight is 291 g/mol. The monoisotopic (exact) mass is 291 g/mol. The molecule has 114 valence electrons. The molecule has 0 fully saturated rings. The van der Waals surface area contributed by atoms with E-state index in [1.807, 2.05) is 6.08 Å². The van der Waals surface area contributed by atoms with Crippen molar-refractivity contribution < 1.29 is 19.1 Å². The second kappa shape index (κ2) is 6.61. The highest BCUT2D eigenvalue weighted by molar-refractivity contribution is 6.14. The number of nitrogens with zero attached hydrogens (tertiary/aromatic N) is 1. The molecular formula is C16H21NO4. The molecule has 1 unspecified atom stereocenters. The minimum absolute atomic E-state index is 0.00121. The number of ether oxygens (including phenoxy) is 2. The molecule has 0 spiro atoms. The molecule has 5 nitrogen and oxygen atoms in total. The van der Waals surface area contributed by atoms with Gasteiger partial charge in [-0.2, -0.15) is 0 Å². The maximum atomic E-state index is 11.9. The second-order valence-corrected chi connectivity index (χ2v) is 4.88. The SMILES string of the molecule is CCOC(=O)C1=CC2CC=C(N(CC)CC)C=C2OC1=O. The van der Waals surface area contributed by atoms with Crippen molar-refractivity contribution in [3.8, 4) is 0 Å². The van der Waals surface area contributed by atoms with E-state index in [-0.39, 0.29) is 18.1 Å². The summed E-state index contributed by atoms with van der Waals surface area (Å²) < 4.78 is 10.2. The lowest BCUT2D eigenvalue weighted by molar-refractivity contribution is -0.146. The molecule has 0 saturated carbocycles. The Balaban J connectivity index is 2.20. The van der Waals surface area contributed by atoms with Crippen LogP contribution in [0.5, 0.6) is 0 Å². The molecule has 2 aliphatic rings. The molecule has 0 saturated heterocycles. The van der Waals surface area contributed by atoms with Gasteiger partial charge in [0.1, 0.15) is 11.3 Å². The molecule has 0 aromatic heterocycles. The molecular weight excluding hydrogens is 270 g/mol. The fraction of sp³-hybridized carbons (Fsp3) is 0.500. The van der Waals surface area contributed by atoms with Crippen molar-refractivity contribution in [3.63, 3.8) is 0 Å². The second-order valence-electron chi connectivity index (χ2n) is 4.88. The van der Waals surface area contributed by atoms with Crippen LogP contribution in [0.3, 0.4) is 0 Å². The van der Waals surface area contributed by atoms with Gasteiger partial charge in [-0.25, -0.2) is 9.59 Å². The highest BCUT2D eigenvalue weighted by atomic mass is 16.6. The predicted octanol–water partition coefficient (Wildman–Crippen LogP) is 2.16. The van der Waals surface area contributed by atoms with Crippen LogP contribution < -0.4 is 0 Å². The lowest BCUT2D eigenvalue weighted by Gasteiger charge is -2.30. The van der Waals surface area contributed by atoms with Crippen LogP contribution in [0.25, 0.3) is 0 Å². The maximum absolute atomic E-state index is 11.9. The Kier molecular flexibility index (Phi) is 4.83. The van der Waals surface area contributed by atoms with Gasteiger partial charge in [-0.15, -0.1) is 0 Å². The highest BCUT2D eigenvalue weighted by Gasteiger charge is 2.33. The van der Waals surface area contributed by atoms with Crippen molar-refractivity contribution in [2.75, 3.05) is 19.7 Å². The van der Waals surface area contributed by atoms with Gasteiger partial charge in [0.25, 0.3) is 0 Å². The summed E-state index contributed by atoms with van der Waals surface area (Å²) >= 11 is 0. The first-order chi connectivity index (χ1) is 10.1. The average Bonchev–Trinajstić information content (AvgIpc) is 2.48. The number of hydrogen-bond donors (Lipinski definition) is 0. The van der Waals surface area contributed by atoms with Crippen molar-refractivity contribution in [1.29, 1.82) is 0 Å². The van der Waals surface area contributed by atoms with Gasteiger partial charge in [-0.1, -0.05) is 12.2 Å². The highest BCUT2D eigenvalue weighted by Crippen LogP contribution is 2.32. The summed E-state index contributed by atoms with van der Waals surface area (Å²) in [5, 5.41) is 0. The fourth-order valence-electron chi connectivity index (χ4n) is 2.53. The predicted molar refractivity (Wildman–Crippen MR) is 78.0 cm³/mol. The molecule has 21 heavy (non-hydrogen) atoms. The van der Waals surface area contributed by atoms with Crippen LogP contribution in [0.1, 0.15) is 27.2 Å². The van der Waals surface area contributed by atoms with Gasteiger partial charge in [0, 0.05) is 30.8 Å². The fourth-order valence-corrected chi connectivity index (χ4v) is 2.53. The van der Waals surface area contributed by atoms with Crippen molar-refractivity contribution >= 4 is 11.9 Å². The third kappa shape index (κ3) is 3.17. The van der Waals surface area contributed by atoms with Gasteiger partial charge in [0.15, 0.2) is 0 Å². The molecule has 1 atom stereocenters. The Morgan fingerprint density at radius 3 is 2.71 bits per heavy atom. The molecule has 0 N–H and O–H groups in total. The molecule has 0 bridgehead atoms. The molecule has 1 heterocycles. The Bertz CT molecular complexity index is 526. The van der Waals surface area contributed by atoms with Crippen molar-refractivity contribution in [2.24, 2.45) is 5.92 Å². The van der Waals surface area contributed by atoms with E-state index >= 15 is 0 Å². The van der Waals surface area contributed by atoms with Crippen LogP contribution in [0, 0.1) is 5.92 Å². The first-order valence-corrected chi connectivity index (χ1v) is 7.38. The largest absolute Gasteiger partial charge is 0.462 e. The van der Waals surface area contributed by atoms with Gasteiger partial charge in [0.2, 0.25) is 0 Å². The number of carbonyl (C=O) groups excluding carboxylic acids is 2. The molecule has 1 aliphatic carbocycles. The number of fused-ring (bicyclic) bond motifs is 1. The van der Waals surface area contributed by atoms with E-state index in [1.165, 1.54) is 0 Å². The van der Waals surface area contributed by atoms with Crippen LogP contribution in [0.2, 0.25) is 0 Å². The van der Waals surface area contributed by atoms with Gasteiger partial charge in [-0.3, -0.25) is 0 Å². The molecule has 0 aromatic rings. The van der Waals surface area contributed by atoms with Crippen LogP contribution in [0.4, 0.5) is 0 Å². The third-order valence-corrected chi connectivity index (χ3v) is 3.66. The zero-order chi connectivity index (χ0) is 15.4. The van der Waals surface area contributed by atoms with E-state index in [0.717, 1.165) is 18.8 Å². The van der Waals surface area contributed by atoms with E-state index in [2.05, 4.69) is 24.8 Å².